The number of carbonyl (C=O) groups excluding carboxylic acids is 1. The molecular formula is C10H19N3O2. The lowest BCUT2D eigenvalue weighted by molar-refractivity contribution is 0.0380. The summed E-state index contributed by atoms with van der Waals surface area (Å²) in [6.45, 7) is 7.52. The van der Waals surface area contributed by atoms with E-state index in [4.69, 9.17) is 4.74 Å². The van der Waals surface area contributed by atoms with Crippen molar-refractivity contribution in [1.29, 1.82) is 0 Å². The standard InChI is InChI=1S/C10H19N3O2/c1-9-8-11-2-3-13(9)10(14)12-4-6-15-7-5-12/h9,11H,2-8H2,1H3/t9-/m1/s1. The minimum Gasteiger partial charge on any atom is -0.378 e. The summed E-state index contributed by atoms with van der Waals surface area (Å²) in [5, 5.41) is 3.29. The van der Waals surface area contributed by atoms with Crippen LogP contribution in [0.5, 0.6) is 0 Å². The Morgan fingerprint density at radius 2 is 2.07 bits per heavy atom. The molecule has 2 aliphatic rings. The van der Waals surface area contributed by atoms with Gasteiger partial charge in [-0.15, -0.1) is 0 Å². The number of piperazine rings is 1. The zero-order valence-corrected chi connectivity index (χ0v) is 9.24. The van der Waals surface area contributed by atoms with Crippen LogP contribution in [0.1, 0.15) is 6.92 Å². The zero-order valence-electron chi connectivity index (χ0n) is 9.24. The molecule has 0 aromatic carbocycles. The van der Waals surface area contributed by atoms with Crippen molar-refractivity contribution < 1.29 is 9.53 Å². The third-order valence-electron chi connectivity index (χ3n) is 3.03. The SMILES string of the molecule is C[C@@H]1CNCCN1C(=O)N1CCOCC1. The van der Waals surface area contributed by atoms with E-state index in [1.807, 2.05) is 9.80 Å². The molecule has 0 saturated carbocycles. The zero-order chi connectivity index (χ0) is 10.7. The molecule has 0 radical (unpaired) electrons. The molecule has 1 atom stereocenters. The van der Waals surface area contributed by atoms with Crippen LogP contribution in [0.15, 0.2) is 0 Å². The molecule has 0 aromatic rings. The summed E-state index contributed by atoms with van der Waals surface area (Å²) >= 11 is 0. The fraction of sp³-hybridized carbons (Fsp3) is 0.900. The van der Waals surface area contributed by atoms with Gasteiger partial charge < -0.3 is 19.9 Å². The van der Waals surface area contributed by atoms with E-state index in [0.29, 0.717) is 19.3 Å². The second-order valence-electron chi connectivity index (χ2n) is 4.13. The molecule has 0 aliphatic carbocycles. The number of hydrogen-bond acceptors (Lipinski definition) is 3. The normalized spacial score (nSPS) is 27.9. The van der Waals surface area contributed by atoms with E-state index in [9.17, 15) is 4.79 Å². The van der Waals surface area contributed by atoms with Crippen molar-refractivity contribution in [3.8, 4) is 0 Å². The fourth-order valence-electron chi connectivity index (χ4n) is 2.06. The van der Waals surface area contributed by atoms with E-state index in [1.165, 1.54) is 0 Å². The van der Waals surface area contributed by atoms with Crippen LogP contribution >= 0.6 is 0 Å². The Kier molecular flexibility index (Phi) is 3.43. The minimum absolute atomic E-state index is 0.173. The van der Waals surface area contributed by atoms with Gasteiger partial charge in [-0.05, 0) is 6.92 Å². The van der Waals surface area contributed by atoms with Crippen molar-refractivity contribution >= 4 is 6.03 Å². The Morgan fingerprint density at radius 3 is 2.73 bits per heavy atom. The van der Waals surface area contributed by atoms with Gasteiger partial charge in [0, 0.05) is 38.8 Å². The van der Waals surface area contributed by atoms with Gasteiger partial charge in [0.2, 0.25) is 0 Å². The summed E-state index contributed by atoms with van der Waals surface area (Å²) in [5.74, 6) is 0. The van der Waals surface area contributed by atoms with Gasteiger partial charge in [0.1, 0.15) is 0 Å². The van der Waals surface area contributed by atoms with Crippen LogP contribution in [-0.4, -0.2) is 67.8 Å². The van der Waals surface area contributed by atoms with Gasteiger partial charge in [0.25, 0.3) is 0 Å². The van der Waals surface area contributed by atoms with Crippen LogP contribution in [0, 0.1) is 0 Å². The number of morpholine rings is 1. The molecule has 15 heavy (non-hydrogen) atoms. The highest BCUT2D eigenvalue weighted by Gasteiger charge is 2.27. The molecule has 2 fully saturated rings. The van der Waals surface area contributed by atoms with E-state index < -0.39 is 0 Å². The molecule has 1 N–H and O–H groups in total. The largest absolute Gasteiger partial charge is 0.378 e. The highest BCUT2D eigenvalue weighted by atomic mass is 16.5. The van der Waals surface area contributed by atoms with Gasteiger partial charge in [-0.3, -0.25) is 0 Å². The highest BCUT2D eigenvalue weighted by Crippen LogP contribution is 2.08. The van der Waals surface area contributed by atoms with Gasteiger partial charge in [0.05, 0.1) is 13.2 Å². The maximum absolute atomic E-state index is 12.1. The molecule has 2 saturated heterocycles. The summed E-state index contributed by atoms with van der Waals surface area (Å²) in [6, 6.07) is 0.474. The number of carbonyl (C=O) groups is 1. The van der Waals surface area contributed by atoms with Gasteiger partial charge in [-0.2, -0.15) is 0 Å². The van der Waals surface area contributed by atoms with Gasteiger partial charge in [-0.25, -0.2) is 4.79 Å². The van der Waals surface area contributed by atoms with E-state index in [1.54, 1.807) is 0 Å². The van der Waals surface area contributed by atoms with E-state index in [-0.39, 0.29) is 6.03 Å². The minimum atomic E-state index is 0.173. The van der Waals surface area contributed by atoms with Crippen LogP contribution in [0.3, 0.4) is 0 Å². The second kappa shape index (κ2) is 4.81. The Morgan fingerprint density at radius 1 is 1.33 bits per heavy atom. The number of urea groups is 1. The highest BCUT2D eigenvalue weighted by molar-refractivity contribution is 5.75. The monoisotopic (exact) mass is 213 g/mol. The smallest absolute Gasteiger partial charge is 0.320 e. The van der Waals surface area contributed by atoms with Crippen LogP contribution < -0.4 is 5.32 Å². The molecular weight excluding hydrogens is 194 g/mol. The molecule has 2 aliphatic heterocycles. The molecule has 5 heteroatoms. The maximum Gasteiger partial charge on any atom is 0.320 e. The average Bonchev–Trinajstić information content (AvgIpc) is 2.30. The first-order chi connectivity index (χ1) is 7.29. The van der Waals surface area contributed by atoms with Gasteiger partial charge in [0.15, 0.2) is 0 Å². The number of amides is 2. The van der Waals surface area contributed by atoms with Gasteiger partial charge in [-0.1, -0.05) is 0 Å². The third-order valence-corrected chi connectivity index (χ3v) is 3.03. The predicted octanol–water partition coefficient (Wildman–Crippen LogP) is -0.268. The average molecular weight is 213 g/mol. The first kappa shape index (κ1) is 10.7. The lowest BCUT2D eigenvalue weighted by Gasteiger charge is -2.38. The third kappa shape index (κ3) is 2.41. The topological polar surface area (TPSA) is 44.8 Å². The van der Waals surface area contributed by atoms with Crippen LogP contribution in [-0.2, 0) is 4.74 Å². The Hall–Kier alpha value is -0.810. The Labute approximate surface area is 90.4 Å². The first-order valence-electron chi connectivity index (χ1n) is 5.63. The molecule has 5 nitrogen and oxygen atoms in total. The van der Waals surface area contributed by atoms with E-state index >= 15 is 0 Å². The molecule has 0 spiro atoms. The lowest BCUT2D eigenvalue weighted by atomic mass is 10.2. The van der Waals surface area contributed by atoms with Gasteiger partial charge >= 0.3 is 6.03 Å². The van der Waals surface area contributed by atoms with Crippen LogP contribution in [0.2, 0.25) is 0 Å². The van der Waals surface area contributed by atoms with Crippen molar-refractivity contribution in [1.82, 2.24) is 15.1 Å². The van der Waals surface area contributed by atoms with Crippen LogP contribution in [0.25, 0.3) is 0 Å². The Balaban J connectivity index is 1.92. The number of hydrogen-bond donors (Lipinski definition) is 1. The first-order valence-corrected chi connectivity index (χ1v) is 5.63. The fourth-order valence-corrected chi connectivity index (χ4v) is 2.06. The lowest BCUT2D eigenvalue weighted by Crippen LogP contribution is -2.57. The van der Waals surface area contributed by atoms with E-state index in [0.717, 1.165) is 32.7 Å². The number of nitrogens with one attached hydrogen (secondary N) is 1. The van der Waals surface area contributed by atoms with Crippen molar-refractivity contribution in [2.75, 3.05) is 45.9 Å². The molecule has 0 bridgehead atoms. The maximum atomic E-state index is 12.1. The number of ether oxygens (including phenoxy) is 1. The Bertz CT molecular complexity index is 229. The predicted molar refractivity (Wildman–Crippen MR) is 56.8 cm³/mol. The summed E-state index contributed by atoms with van der Waals surface area (Å²) in [4.78, 5) is 16.0. The molecule has 2 rings (SSSR count). The molecule has 0 aromatic heterocycles. The van der Waals surface area contributed by atoms with E-state index in [2.05, 4.69) is 12.2 Å². The van der Waals surface area contributed by atoms with Crippen LogP contribution in [0.4, 0.5) is 4.79 Å². The van der Waals surface area contributed by atoms with Crippen molar-refractivity contribution in [2.45, 2.75) is 13.0 Å². The second-order valence-corrected chi connectivity index (χ2v) is 4.13. The summed E-state index contributed by atoms with van der Waals surface area (Å²) in [6.07, 6.45) is 0. The summed E-state index contributed by atoms with van der Waals surface area (Å²) in [5.41, 5.74) is 0. The van der Waals surface area contributed by atoms with Crippen molar-refractivity contribution in [3.63, 3.8) is 0 Å². The summed E-state index contributed by atoms with van der Waals surface area (Å²) in [7, 11) is 0. The van der Waals surface area contributed by atoms with Crippen molar-refractivity contribution in [3.05, 3.63) is 0 Å². The number of nitrogens with zero attached hydrogens (tertiary/aromatic N) is 2. The van der Waals surface area contributed by atoms with Crippen molar-refractivity contribution in [2.24, 2.45) is 0 Å². The number of rotatable bonds is 0. The molecule has 2 heterocycles. The molecule has 2 amide bonds. The molecule has 0 unspecified atom stereocenters. The summed E-state index contributed by atoms with van der Waals surface area (Å²) < 4.78 is 5.24. The quantitative estimate of drug-likeness (QED) is 0.602. The molecule has 86 valence electrons.